The highest BCUT2D eigenvalue weighted by atomic mass is 14.9. The van der Waals surface area contributed by atoms with Crippen molar-refractivity contribution >= 4 is 0 Å². The maximum absolute atomic E-state index is 4.24. The first-order chi connectivity index (χ1) is 7.45. The maximum Gasteiger partial charge on any atom is 0.0541 e. The second-order valence-electron chi connectivity index (χ2n) is 3.34. The van der Waals surface area contributed by atoms with Gasteiger partial charge >= 0.3 is 0 Å². The zero-order valence-electron chi connectivity index (χ0n) is 8.48. The minimum atomic E-state index is 0.801. The molecule has 0 saturated carbocycles. The van der Waals surface area contributed by atoms with Crippen LogP contribution in [0.2, 0.25) is 0 Å². The van der Waals surface area contributed by atoms with Gasteiger partial charge in [-0.15, -0.1) is 0 Å². The summed E-state index contributed by atoms with van der Waals surface area (Å²) >= 11 is 0. The minimum Gasteiger partial charge on any atom is -0.307 e. The summed E-state index contributed by atoms with van der Waals surface area (Å²) in [7, 11) is 0. The molecule has 0 aliphatic carbocycles. The molecule has 1 radical (unpaired) electrons. The van der Waals surface area contributed by atoms with Crippen molar-refractivity contribution < 1.29 is 0 Å². The van der Waals surface area contributed by atoms with E-state index in [-0.39, 0.29) is 0 Å². The van der Waals surface area contributed by atoms with Crippen LogP contribution in [0.3, 0.4) is 0 Å². The average molecular weight is 197 g/mol. The Morgan fingerprint density at radius 1 is 1.13 bits per heavy atom. The van der Waals surface area contributed by atoms with Gasteiger partial charge in [0, 0.05) is 19.3 Å². The Bertz CT molecular complexity index is 344. The molecular formula is C13H13N2. The summed E-state index contributed by atoms with van der Waals surface area (Å²) in [5.41, 5.74) is 2.31. The fraction of sp³-hybridized carbons (Fsp3) is 0.154. The van der Waals surface area contributed by atoms with Gasteiger partial charge in [-0.1, -0.05) is 24.3 Å². The second-order valence-corrected chi connectivity index (χ2v) is 3.34. The summed E-state index contributed by atoms with van der Waals surface area (Å²) in [5.74, 6) is 0. The lowest BCUT2D eigenvalue weighted by Gasteiger charge is -2.03. The molecule has 2 aromatic rings. The predicted molar refractivity (Wildman–Crippen MR) is 60.1 cm³/mol. The summed E-state index contributed by atoms with van der Waals surface area (Å²) in [6.45, 7) is 1.66. The molecule has 1 aromatic carbocycles. The third-order valence-electron chi connectivity index (χ3n) is 2.13. The van der Waals surface area contributed by atoms with Gasteiger partial charge in [0.1, 0.15) is 0 Å². The van der Waals surface area contributed by atoms with Crippen molar-refractivity contribution in [1.82, 2.24) is 10.3 Å². The van der Waals surface area contributed by atoms with Crippen LogP contribution in [0.15, 0.2) is 48.7 Å². The van der Waals surface area contributed by atoms with Crippen LogP contribution in [-0.2, 0) is 13.1 Å². The summed E-state index contributed by atoms with van der Waals surface area (Å²) in [6, 6.07) is 17.0. The van der Waals surface area contributed by atoms with E-state index in [4.69, 9.17) is 0 Å². The Hall–Kier alpha value is -1.67. The molecule has 0 aliphatic rings. The number of pyridine rings is 1. The Balaban J connectivity index is 1.81. The van der Waals surface area contributed by atoms with E-state index in [0.29, 0.717) is 0 Å². The monoisotopic (exact) mass is 197 g/mol. The van der Waals surface area contributed by atoms with Crippen molar-refractivity contribution in [3.63, 3.8) is 0 Å². The van der Waals surface area contributed by atoms with Gasteiger partial charge in [-0.2, -0.15) is 0 Å². The van der Waals surface area contributed by atoms with E-state index in [1.807, 2.05) is 42.6 Å². The van der Waals surface area contributed by atoms with Crippen LogP contribution in [-0.4, -0.2) is 4.98 Å². The number of benzene rings is 1. The first-order valence-electron chi connectivity index (χ1n) is 5.01. The number of aromatic nitrogens is 1. The minimum absolute atomic E-state index is 0.801. The molecule has 0 fully saturated rings. The molecule has 75 valence electrons. The normalized spacial score (nSPS) is 10.1. The van der Waals surface area contributed by atoms with Crippen LogP contribution in [0.25, 0.3) is 0 Å². The maximum atomic E-state index is 4.24. The smallest absolute Gasteiger partial charge is 0.0541 e. The summed E-state index contributed by atoms with van der Waals surface area (Å²) in [6.07, 6.45) is 1.81. The third-order valence-corrected chi connectivity index (χ3v) is 2.13. The van der Waals surface area contributed by atoms with Crippen LogP contribution in [0.4, 0.5) is 0 Å². The summed E-state index contributed by atoms with van der Waals surface area (Å²) in [5, 5.41) is 3.34. The molecule has 0 atom stereocenters. The van der Waals surface area contributed by atoms with Gasteiger partial charge < -0.3 is 5.32 Å². The van der Waals surface area contributed by atoms with Gasteiger partial charge in [-0.05, 0) is 29.8 Å². The Morgan fingerprint density at radius 2 is 2.13 bits per heavy atom. The van der Waals surface area contributed by atoms with Crippen molar-refractivity contribution in [3.05, 3.63) is 66.0 Å². The molecule has 1 aromatic heterocycles. The first kappa shape index (κ1) is 9.87. The van der Waals surface area contributed by atoms with Crippen molar-refractivity contribution in [2.45, 2.75) is 13.1 Å². The number of nitrogens with one attached hydrogen (secondary N) is 1. The lowest BCUT2D eigenvalue weighted by Crippen LogP contribution is -2.13. The fourth-order valence-corrected chi connectivity index (χ4v) is 1.38. The highest BCUT2D eigenvalue weighted by Crippen LogP contribution is 1.98. The van der Waals surface area contributed by atoms with E-state index < -0.39 is 0 Å². The van der Waals surface area contributed by atoms with Crippen molar-refractivity contribution in [3.8, 4) is 0 Å². The van der Waals surface area contributed by atoms with E-state index in [2.05, 4.69) is 22.4 Å². The van der Waals surface area contributed by atoms with Gasteiger partial charge in [0.2, 0.25) is 0 Å². The lowest BCUT2D eigenvalue weighted by molar-refractivity contribution is 0.679. The van der Waals surface area contributed by atoms with Crippen molar-refractivity contribution in [2.75, 3.05) is 0 Å². The lowest BCUT2D eigenvalue weighted by atomic mass is 10.2. The quantitative estimate of drug-likeness (QED) is 0.812. The summed E-state index contributed by atoms with van der Waals surface area (Å²) < 4.78 is 0. The number of nitrogens with zero attached hydrogens (tertiary/aromatic N) is 1. The van der Waals surface area contributed by atoms with E-state index >= 15 is 0 Å². The van der Waals surface area contributed by atoms with Crippen LogP contribution < -0.4 is 5.32 Å². The Morgan fingerprint density at radius 3 is 2.87 bits per heavy atom. The van der Waals surface area contributed by atoms with Crippen LogP contribution in [0, 0.1) is 6.07 Å². The third kappa shape index (κ3) is 3.18. The Kier molecular flexibility index (Phi) is 3.47. The van der Waals surface area contributed by atoms with Crippen LogP contribution in [0.5, 0.6) is 0 Å². The highest BCUT2D eigenvalue weighted by Gasteiger charge is 1.93. The van der Waals surface area contributed by atoms with E-state index in [9.17, 15) is 0 Å². The molecule has 15 heavy (non-hydrogen) atoms. The van der Waals surface area contributed by atoms with Gasteiger partial charge in [0.05, 0.1) is 5.69 Å². The molecule has 0 unspecified atom stereocenters. The Labute approximate surface area is 90.0 Å². The number of hydrogen-bond acceptors (Lipinski definition) is 2. The number of rotatable bonds is 4. The van der Waals surface area contributed by atoms with E-state index in [1.165, 1.54) is 5.56 Å². The van der Waals surface area contributed by atoms with Gasteiger partial charge in [-0.3, -0.25) is 4.98 Å². The molecule has 1 heterocycles. The predicted octanol–water partition coefficient (Wildman–Crippen LogP) is 2.17. The molecule has 0 saturated heterocycles. The van der Waals surface area contributed by atoms with Crippen LogP contribution in [0.1, 0.15) is 11.3 Å². The molecule has 2 nitrogen and oxygen atoms in total. The molecular weight excluding hydrogens is 184 g/mol. The molecule has 0 aliphatic heterocycles. The zero-order chi connectivity index (χ0) is 10.3. The van der Waals surface area contributed by atoms with E-state index in [1.54, 1.807) is 0 Å². The number of hydrogen-bond donors (Lipinski definition) is 1. The molecule has 0 spiro atoms. The molecule has 1 N–H and O–H groups in total. The zero-order valence-corrected chi connectivity index (χ0v) is 8.48. The van der Waals surface area contributed by atoms with Crippen LogP contribution >= 0.6 is 0 Å². The fourth-order valence-electron chi connectivity index (χ4n) is 1.38. The highest BCUT2D eigenvalue weighted by molar-refractivity contribution is 5.13. The van der Waals surface area contributed by atoms with E-state index in [0.717, 1.165) is 18.8 Å². The standard InChI is InChI=1S/C13H13N2/c1-2-6-12(7-3-1)10-14-11-13-8-4-5-9-15-13/h1-2,4-9,14H,10-11H2. The first-order valence-corrected chi connectivity index (χ1v) is 5.01. The SMILES string of the molecule is [c]1cccc(CNCc2ccccn2)c1. The van der Waals surface area contributed by atoms with Gasteiger partial charge in [0.25, 0.3) is 0 Å². The van der Waals surface area contributed by atoms with Crippen molar-refractivity contribution in [1.29, 1.82) is 0 Å². The van der Waals surface area contributed by atoms with Gasteiger partial charge in [-0.25, -0.2) is 0 Å². The van der Waals surface area contributed by atoms with Crippen molar-refractivity contribution in [2.24, 2.45) is 0 Å². The molecule has 0 amide bonds. The largest absolute Gasteiger partial charge is 0.307 e. The second kappa shape index (κ2) is 5.27. The molecule has 2 heteroatoms. The molecule has 2 rings (SSSR count). The summed E-state index contributed by atoms with van der Waals surface area (Å²) in [4.78, 5) is 4.24. The topological polar surface area (TPSA) is 24.9 Å². The van der Waals surface area contributed by atoms with Gasteiger partial charge in [0.15, 0.2) is 0 Å². The molecule has 0 bridgehead atoms. The average Bonchev–Trinajstić information content (AvgIpc) is 2.32.